The zero-order valence-corrected chi connectivity index (χ0v) is 17.6. The Morgan fingerprint density at radius 1 is 1.28 bits per heavy atom. The molecule has 1 heterocycles. The van der Waals surface area contributed by atoms with Crippen LogP contribution < -0.4 is 15.0 Å². The molecule has 0 aromatic heterocycles. The van der Waals surface area contributed by atoms with E-state index in [1.165, 1.54) is 6.08 Å². The minimum Gasteiger partial charge on any atom is -0.479 e. The predicted octanol–water partition coefficient (Wildman–Crippen LogP) is 5.34. The summed E-state index contributed by atoms with van der Waals surface area (Å²) in [4.78, 5) is 26.3. The highest BCUT2D eigenvalue weighted by molar-refractivity contribution is 6.35. The molecule has 0 spiro atoms. The molecule has 1 N–H and O–H groups in total. The highest BCUT2D eigenvalue weighted by Crippen LogP contribution is 2.36. The lowest BCUT2D eigenvalue weighted by Crippen LogP contribution is -2.45. The van der Waals surface area contributed by atoms with Crippen LogP contribution in [0, 0.1) is 0 Å². The number of hydrogen-bond acceptors (Lipinski definition) is 3. The standard InChI is InChI=1S/C22H20Cl2N2O3/c1-13(2)12-26-19-8-7-17(11-20(19)29-14(3)22(26)28)25-21(27)9-5-15-4-6-16(23)10-18(15)24/h4-11,14H,1,12H2,2-3H3,(H,25,27)/b9-5+. The van der Waals surface area contributed by atoms with E-state index in [-0.39, 0.29) is 11.8 Å². The van der Waals surface area contributed by atoms with Crippen molar-refractivity contribution in [2.75, 3.05) is 16.8 Å². The first-order valence-electron chi connectivity index (χ1n) is 8.95. The van der Waals surface area contributed by atoms with Crippen LogP contribution in [0.3, 0.4) is 0 Å². The molecule has 0 bridgehead atoms. The molecular weight excluding hydrogens is 411 g/mol. The Hall–Kier alpha value is -2.76. The van der Waals surface area contributed by atoms with E-state index in [9.17, 15) is 9.59 Å². The Labute approximate surface area is 179 Å². The van der Waals surface area contributed by atoms with Gasteiger partial charge in [-0.2, -0.15) is 0 Å². The fraction of sp³-hybridized carbons (Fsp3) is 0.182. The van der Waals surface area contributed by atoms with Crippen LogP contribution in [0.1, 0.15) is 19.4 Å². The third-order valence-electron chi connectivity index (χ3n) is 4.24. The molecule has 0 saturated carbocycles. The summed E-state index contributed by atoms with van der Waals surface area (Å²) in [5, 5.41) is 3.76. The molecular formula is C22H20Cl2N2O3. The van der Waals surface area contributed by atoms with Crippen molar-refractivity contribution in [3.63, 3.8) is 0 Å². The molecule has 0 saturated heterocycles. The van der Waals surface area contributed by atoms with Crippen LogP contribution >= 0.6 is 23.2 Å². The topological polar surface area (TPSA) is 58.6 Å². The average Bonchev–Trinajstić information content (AvgIpc) is 2.64. The summed E-state index contributed by atoms with van der Waals surface area (Å²) >= 11 is 12.0. The predicted molar refractivity (Wildman–Crippen MR) is 118 cm³/mol. The third kappa shape index (κ3) is 5.00. The lowest BCUT2D eigenvalue weighted by molar-refractivity contribution is -0.125. The van der Waals surface area contributed by atoms with Crippen molar-refractivity contribution in [1.29, 1.82) is 0 Å². The van der Waals surface area contributed by atoms with Crippen LogP contribution in [0.2, 0.25) is 10.0 Å². The van der Waals surface area contributed by atoms with E-state index in [0.29, 0.717) is 39.3 Å². The van der Waals surface area contributed by atoms with E-state index >= 15 is 0 Å². The van der Waals surface area contributed by atoms with Gasteiger partial charge in [-0.1, -0.05) is 41.4 Å². The molecule has 7 heteroatoms. The number of halogens is 2. The van der Waals surface area contributed by atoms with Crippen molar-refractivity contribution in [3.8, 4) is 5.75 Å². The van der Waals surface area contributed by atoms with Gasteiger partial charge in [0.25, 0.3) is 5.91 Å². The zero-order chi connectivity index (χ0) is 21.1. The second-order valence-corrected chi connectivity index (χ2v) is 7.66. The Balaban J connectivity index is 1.76. The van der Waals surface area contributed by atoms with Crippen molar-refractivity contribution in [1.82, 2.24) is 0 Å². The van der Waals surface area contributed by atoms with E-state index in [4.69, 9.17) is 27.9 Å². The number of carbonyl (C=O) groups excluding carboxylic acids is 2. The molecule has 2 amide bonds. The number of nitrogens with one attached hydrogen (secondary N) is 1. The summed E-state index contributed by atoms with van der Waals surface area (Å²) in [7, 11) is 0. The minimum absolute atomic E-state index is 0.125. The largest absolute Gasteiger partial charge is 0.479 e. The molecule has 1 atom stereocenters. The molecule has 5 nitrogen and oxygen atoms in total. The van der Waals surface area contributed by atoms with E-state index < -0.39 is 6.10 Å². The van der Waals surface area contributed by atoms with E-state index in [0.717, 1.165) is 5.57 Å². The highest BCUT2D eigenvalue weighted by Gasteiger charge is 2.31. The van der Waals surface area contributed by atoms with Crippen LogP contribution in [-0.4, -0.2) is 24.5 Å². The van der Waals surface area contributed by atoms with Gasteiger partial charge in [-0.3, -0.25) is 9.59 Å². The van der Waals surface area contributed by atoms with Crippen LogP contribution in [0.4, 0.5) is 11.4 Å². The number of hydrogen-bond donors (Lipinski definition) is 1. The van der Waals surface area contributed by atoms with Crippen molar-refractivity contribution >= 4 is 52.5 Å². The molecule has 150 valence electrons. The number of nitrogens with zero attached hydrogens (tertiary/aromatic N) is 1. The fourth-order valence-electron chi connectivity index (χ4n) is 2.91. The third-order valence-corrected chi connectivity index (χ3v) is 4.80. The first-order chi connectivity index (χ1) is 13.7. The van der Waals surface area contributed by atoms with Gasteiger partial charge in [0.2, 0.25) is 5.91 Å². The second kappa shape index (κ2) is 8.72. The lowest BCUT2D eigenvalue weighted by atomic mass is 10.1. The summed E-state index contributed by atoms with van der Waals surface area (Å²) in [5.41, 5.74) is 2.75. The molecule has 29 heavy (non-hydrogen) atoms. The minimum atomic E-state index is -0.611. The van der Waals surface area contributed by atoms with Gasteiger partial charge in [0.15, 0.2) is 6.10 Å². The first kappa shape index (κ1) is 21.0. The Morgan fingerprint density at radius 3 is 2.72 bits per heavy atom. The van der Waals surface area contributed by atoms with Gasteiger partial charge in [-0.15, -0.1) is 0 Å². The van der Waals surface area contributed by atoms with Gasteiger partial charge in [-0.05, 0) is 49.8 Å². The average molecular weight is 431 g/mol. The summed E-state index contributed by atoms with van der Waals surface area (Å²) in [6.45, 7) is 7.85. The summed E-state index contributed by atoms with van der Waals surface area (Å²) in [6.07, 6.45) is 2.38. The molecule has 2 aromatic carbocycles. The normalized spacial score (nSPS) is 15.8. The molecule has 3 rings (SSSR count). The van der Waals surface area contributed by atoms with Crippen LogP contribution in [0.5, 0.6) is 5.75 Å². The summed E-state index contributed by atoms with van der Waals surface area (Å²) < 4.78 is 5.71. The number of fused-ring (bicyclic) bond motifs is 1. The number of ether oxygens (including phenoxy) is 1. The first-order valence-corrected chi connectivity index (χ1v) is 9.71. The Kier molecular flexibility index (Phi) is 6.30. The van der Waals surface area contributed by atoms with Gasteiger partial charge in [0, 0.05) is 34.4 Å². The number of carbonyl (C=O) groups is 2. The van der Waals surface area contributed by atoms with E-state index in [2.05, 4.69) is 11.9 Å². The van der Waals surface area contributed by atoms with Crippen molar-refractivity contribution < 1.29 is 14.3 Å². The SMILES string of the molecule is C=C(C)CN1C(=O)C(C)Oc2cc(NC(=O)/C=C/c3ccc(Cl)cc3Cl)ccc21. The van der Waals surface area contributed by atoms with Gasteiger partial charge >= 0.3 is 0 Å². The molecule has 1 aliphatic heterocycles. The Bertz CT molecular complexity index is 1020. The smallest absolute Gasteiger partial charge is 0.268 e. The van der Waals surface area contributed by atoms with Crippen LogP contribution in [0.15, 0.2) is 54.6 Å². The molecule has 0 aliphatic carbocycles. The van der Waals surface area contributed by atoms with E-state index in [1.807, 2.05) is 6.92 Å². The van der Waals surface area contributed by atoms with Crippen molar-refractivity contribution in [2.45, 2.75) is 20.0 Å². The van der Waals surface area contributed by atoms with Crippen molar-refractivity contribution in [2.24, 2.45) is 0 Å². The van der Waals surface area contributed by atoms with Crippen molar-refractivity contribution in [3.05, 3.63) is 70.2 Å². The number of anilines is 2. The lowest BCUT2D eigenvalue weighted by Gasteiger charge is -2.33. The monoisotopic (exact) mass is 430 g/mol. The summed E-state index contributed by atoms with van der Waals surface area (Å²) in [5.74, 6) is 0.0793. The molecule has 2 aromatic rings. The van der Waals surface area contributed by atoms with Gasteiger partial charge in [0.05, 0.1) is 5.69 Å². The van der Waals surface area contributed by atoms with E-state index in [1.54, 1.807) is 54.3 Å². The second-order valence-electron chi connectivity index (χ2n) is 6.81. The molecule has 1 aliphatic rings. The number of benzene rings is 2. The fourth-order valence-corrected chi connectivity index (χ4v) is 3.38. The molecule has 0 fully saturated rings. The maximum absolute atomic E-state index is 12.4. The van der Waals surface area contributed by atoms with Gasteiger partial charge in [0.1, 0.15) is 5.75 Å². The quantitative estimate of drug-likeness (QED) is 0.514. The highest BCUT2D eigenvalue weighted by atomic mass is 35.5. The zero-order valence-electron chi connectivity index (χ0n) is 16.0. The van der Waals surface area contributed by atoms with Gasteiger partial charge < -0.3 is 15.0 Å². The molecule has 0 radical (unpaired) electrons. The maximum atomic E-state index is 12.4. The van der Waals surface area contributed by atoms with Crippen LogP contribution in [0.25, 0.3) is 6.08 Å². The van der Waals surface area contributed by atoms with Crippen LogP contribution in [-0.2, 0) is 9.59 Å². The number of rotatable bonds is 5. The van der Waals surface area contributed by atoms with Gasteiger partial charge in [-0.25, -0.2) is 0 Å². The Morgan fingerprint density at radius 2 is 2.03 bits per heavy atom. The maximum Gasteiger partial charge on any atom is 0.268 e. The molecule has 1 unspecified atom stereocenters. The summed E-state index contributed by atoms with van der Waals surface area (Å²) in [6, 6.07) is 10.2. The number of amides is 2.